The summed E-state index contributed by atoms with van der Waals surface area (Å²) in [7, 11) is -4.36. The molecule has 1 aromatic carbocycles. The fourth-order valence-electron chi connectivity index (χ4n) is 1.46. The summed E-state index contributed by atoms with van der Waals surface area (Å²) in [5.41, 5.74) is 0.505. The highest BCUT2D eigenvalue weighted by Gasteiger charge is 2.14. The van der Waals surface area contributed by atoms with E-state index >= 15 is 0 Å². The number of rotatable bonds is 2. The van der Waals surface area contributed by atoms with Gasteiger partial charge in [0.25, 0.3) is 0 Å². The summed E-state index contributed by atoms with van der Waals surface area (Å²) >= 11 is 0. The van der Waals surface area contributed by atoms with Crippen molar-refractivity contribution in [2.75, 3.05) is 0 Å². The monoisotopic (exact) mass is 225 g/mol. The Morgan fingerprint density at radius 2 is 1.93 bits per heavy atom. The van der Waals surface area contributed by atoms with E-state index in [1.165, 1.54) is 6.07 Å². The Hall–Kier alpha value is -1.66. The third-order valence-electron chi connectivity index (χ3n) is 2.08. The molecule has 78 valence electrons. The molecular formula is C9H7NO4S. The molecule has 1 heterocycles. The van der Waals surface area contributed by atoms with E-state index in [9.17, 15) is 13.2 Å². The molecule has 15 heavy (non-hydrogen) atoms. The second-order valence-electron chi connectivity index (χ2n) is 2.99. The van der Waals surface area contributed by atoms with Crippen molar-refractivity contribution >= 4 is 27.5 Å². The predicted molar refractivity (Wildman–Crippen MR) is 54.3 cm³/mol. The normalized spacial score (nSPS) is 11.8. The van der Waals surface area contributed by atoms with Crippen LogP contribution in [0.5, 0.6) is 0 Å². The first kappa shape index (κ1) is 9.88. The summed E-state index contributed by atoms with van der Waals surface area (Å²) < 4.78 is 31.5. The molecule has 2 rings (SSSR count). The summed E-state index contributed by atoms with van der Waals surface area (Å²) in [6.45, 7) is 0. The molecule has 0 radical (unpaired) electrons. The van der Waals surface area contributed by atoms with Gasteiger partial charge in [0.2, 0.25) is 0 Å². The Morgan fingerprint density at radius 3 is 2.53 bits per heavy atom. The van der Waals surface area contributed by atoms with Crippen LogP contribution in [0.1, 0.15) is 10.4 Å². The fraction of sp³-hybridized carbons (Fsp3) is 0. The summed E-state index contributed by atoms with van der Waals surface area (Å²) in [5, 5.41) is 0.491. The summed E-state index contributed by atoms with van der Waals surface area (Å²) in [6, 6.07) is 6.43. The molecule has 0 atom stereocenters. The number of carbonyl (C=O) groups excluding carboxylic acids is 1. The Kier molecular flexibility index (Phi) is 2.09. The van der Waals surface area contributed by atoms with Crippen molar-refractivity contribution in [2.45, 2.75) is 0 Å². The van der Waals surface area contributed by atoms with Crippen LogP contribution in [0, 0.1) is 0 Å². The van der Waals surface area contributed by atoms with Crippen molar-refractivity contribution in [1.29, 1.82) is 0 Å². The molecule has 0 aliphatic carbocycles. The van der Waals surface area contributed by atoms with Crippen LogP contribution in [-0.4, -0.2) is 23.2 Å². The summed E-state index contributed by atoms with van der Waals surface area (Å²) in [5.74, 6) is 0. The standard InChI is InChI=1S/C9H7NO4S/c11-6-7-5-10(15(12,13)14)9-4-2-1-3-8(7)9/h1-6H,(H,12,13,14). The Balaban J connectivity index is 2.94. The zero-order chi connectivity index (χ0) is 11.1. The molecule has 0 aliphatic rings. The molecule has 2 aromatic rings. The van der Waals surface area contributed by atoms with Crippen molar-refractivity contribution in [3.63, 3.8) is 0 Å². The largest absolute Gasteiger partial charge is 0.363 e. The quantitative estimate of drug-likeness (QED) is 0.613. The number of aldehydes is 1. The molecule has 0 saturated carbocycles. The zero-order valence-electron chi connectivity index (χ0n) is 7.49. The second kappa shape index (κ2) is 3.18. The van der Waals surface area contributed by atoms with Crippen LogP contribution in [0.15, 0.2) is 30.5 Å². The number of hydrogen-bond acceptors (Lipinski definition) is 3. The lowest BCUT2D eigenvalue weighted by Gasteiger charge is -1.98. The van der Waals surface area contributed by atoms with E-state index < -0.39 is 10.3 Å². The van der Waals surface area contributed by atoms with Crippen molar-refractivity contribution in [3.8, 4) is 0 Å². The molecule has 6 heteroatoms. The van der Waals surface area contributed by atoms with Gasteiger partial charge in [-0.05, 0) is 6.07 Å². The molecule has 1 N–H and O–H groups in total. The van der Waals surface area contributed by atoms with Crippen LogP contribution in [0.25, 0.3) is 10.9 Å². The van der Waals surface area contributed by atoms with Gasteiger partial charge in [-0.25, -0.2) is 3.97 Å². The van der Waals surface area contributed by atoms with E-state index in [0.717, 1.165) is 6.20 Å². The van der Waals surface area contributed by atoms with Gasteiger partial charge in [0, 0.05) is 17.1 Å². The average Bonchev–Trinajstić information content (AvgIpc) is 2.55. The van der Waals surface area contributed by atoms with E-state index in [1.807, 2.05) is 0 Å². The van der Waals surface area contributed by atoms with Gasteiger partial charge < -0.3 is 0 Å². The van der Waals surface area contributed by atoms with E-state index in [-0.39, 0.29) is 11.1 Å². The molecule has 0 fully saturated rings. The molecular weight excluding hydrogens is 218 g/mol. The number of nitrogens with zero attached hydrogens (tertiary/aromatic N) is 1. The highest BCUT2D eigenvalue weighted by molar-refractivity contribution is 7.84. The van der Waals surface area contributed by atoms with Crippen LogP contribution < -0.4 is 0 Å². The lowest BCUT2D eigenvalue weighted by molar-refractivity contribution is 0.112. The molecule has 0 bridgehead atoms. The fourth-order valence-corrected chi connectivity index (χ4v) is 2.11. The minimum Gasteiger partial charge on any atom is -0.298 e. The first-order valence-electron chi connectivity index (χ1n) is 4.07. The van der Waals surface area contributed by atoms with E-state index in [2.05, 4.69) is 0 Å². The molecule has 0 unspecified atom stereocenters. The molecule has 0 saturated heterocycles. The van der Waals surface area contributed by atoms with Gasteiger partial charge in [-0.2, -0.15) is 8.42 Å². The Labute approximate surface area is 85.8 Å². The van der Waals surface area contributed by atoms with Crippen molar-refractivity contribution in [1.82, 2.24) is 3.97 Å². The summed E-state index contributed by atoms with van der Waals surface area (Å²) in [6.07, 6.45) is 1.64. The maximum absolute atomic E-state index is 11.0. The Bertz CT molecular complexity index is 627. The molecule has 0 aliphatic heterocycles. The van der Waals surface area contributed by atoms with Gasteiger partial charge in [0.15, 0.2) is 6.29 Å². The molecule has 5 nitrogen and oxygen atoms in total. The van der Waals surface area contributed by atoms with Crippen LogP contribution in [0.2, 0.25) is 0 Å². The van der Waals surface area contributed by atoms with Gasteiger partial charge in [-0.1, -0.05) is 18.2 Å². The smallest absolute Gasteiger partial charge is 0.298 e. The minimum absolute atomic E-state index is 0.225. The van der Waals surface area contributed by atoms with E-state index in [0.29, 0.717) is 15.6 Å². The maximum Gasteiger partial charge on any atom is 0.363 e. The number of para-hydroxylation sites is 1. The highest BCUT2D eigenvalue weighted by atomic mass is 32.2. The third kappa shape index (κ3) is 1.53. The molecule has 1 aromatic heterocycles. The van der Waals surface area contributed by atoms with Crippen LogP contribution in [0.3, 0.4) is 0 Å². The third-order valence-corrected chi connectivity index (χ3v) is 2.88. The van der Waals surface area contributed by atoms with E-state index in [4.69, 9.17) is 4.55 Å². The number of benzene rings is 1. The van der Waals surface area contributed by atoms with E-state index in [1.54, 1.807) is 18.2 Å². The first-order valence-corrected chi connectivity index (χ1v) is 5.47. The lowest BCUT2D eigenvalue weighted by atomic mass is 10.2. The topological polar surface area (TPSA) is 76.4 Å². The van der Waals surface area contributed by atoms with Crippen molar-refractivity contribution in [2.24, 2.45) is 0 Å². The zero-order valence-corrected chi connectivity index (χ0v) is 8.31. The van der Waals surface area contributed by atoms with Crippen molar-refractivity contribution < 1.29 is 17.8 Å². The Morgan fingerprint density at radius 1 is 1.27 bits per heavy atom. The maximum atomic E-state index is 11.0. The number of hydrogen-bond donors (Lipinski definition) is 1. The molecule has 0 spiro atoms. The first-order chi connectivity index (χ1) is 7.04. The van der Waals surface area contributed by atoms with Crippen LogP contribution in [-0.2, 0) is 10.3 Å². The van der Waals surface area contributed by atoms with Gasteiger partial charge >= 0.3 is 10.3 Å². The van der Waals surface area contributed by atoms with Crippen LogP contribution >= 0.6 is 0 Å². The predicted octanol–water partition coefficient (Wildman–Crippen LogP) is 1.10. The number of fused-ring (bicyclic) bond motifs is 1. The molecule has 0 amide bonds. The number of aromatic nitrogens is 1. The number of carbonyl (C=O) groups is 1. The van der Waals surface area contributed by atoms with Crippen molar-refractivity contribution in [3.05, 3.63) is 36.0 Å². The lowest BCUT2D eigenvalue weighted by Crippen LogP contribution is -2.08. The van der Waals surface area contributed by atoms with Gasteiger partial charge in [-0.15, -0.1) is 0 Å². The van der Waals surface area contributed by atoms with Gasteiger partial charge in [0.05, 0.1) is 5.52 Å². The highest BCUT2D eigenvalue weighted by Crippen LogP contribution is 2.20. The minimum atomic E-state index is -4.36. The SMILES string of the molecule is O=Cc1cn(S(=O)(=O)O)c2ccccc12. The van der Waals surface area contributed by atoms with Crippen LogP contribution in [0.4, 0.5) is 0 Å². The second-order valence-corrected chi connectivity index (χ2v) is 4.28. The van der Waals surface area contributed by atoms with Gasteiger partial charge in [0.1, 0.15) is 0 Å². The average molecular weight is 225 g/mol. The summed E-state index contributed by atoms with van der Waals surface area (Å²) in [4.78, 5) is 10.7. The van der Waals surface area contributed by atoms with Gasteiger partial charge in [-0.3, -0.25) is 9.35 Å².